The Labute approximate surface area is 96.1 Å². The molecule has 0 fully saturated rings. The lowest BCUT2D eigenvalue weighted by atomic mass is 10.3. The van der Waals surface area contributed by atoms with Gasteiger partial charge in [-0.15, -0.1) is 0 Å². The first-order valence-electron chi connectivity index (χ1n) is 5.34. The standard InChI is InChI=1S/C10H22N2O4/c1-8(6-15-2)16-7-9(13)5-12-4-3-10(11)14/h8-9,12-13H,3-7H2,1-2H3,(H2,11,14). The maximum absolute atomic E-state index is 10.4. The Kier molecular flexibility index (Phi) is 9.12. The number of rotatable bonds is 10. The van der Waals surface area contributed by atoms with E-state index < -0.39 is 6.10 Å². The van der Waals surface area contributed by atoms with Crippen molar-refractivity contribution in [3.05, 3.63) is 0 Å². The van der Waals surface area contributed by atoms with E-state index in [9.17, 15) is 9.90 Å². The van der Waals surface area contributed by atoms with Gasteiger partial charge in [0.25, 0.3) is 0 Å². The Morgan fingerprint density at radius 1 is 1.50 bits per heavy atom. The molecule has 96 valence electrons. The fourth-order valence-electron chi connectivity index (χ4n) is 1.10. The summed E-state index contributed by atoms with van der Waals surface area (Å²) in [6, 6.07) is 0. The van der Waals surface area contributed by atoms with Crippen molar-refractivity contribution in [1.82, 2.24) is 5.32 Å². The van der Waals surface area contributed by atoms with E-state index in [0.29, 0.717) is 19.7 Å². The van der Waals surface area contributed by atoms with Crippen LogP contribution in [0.15, 0.2) is 0 Å². The number of aliphatic hydroxyl groups excluding tert-OH is 1. The fraction of sp³-hybridized carbons (Fsp3) is 0.900. The van der Waals surface area contributed by atoms with Gasteiger partial charge < -0.3 is 25.6 Å². The molecule has 6 heteroatoms. The van der Waals surface area contributed by atoms with Crippen molar-refractivity contribution in [3.8, 4) is 0 Å². The number of methoxy groups -OCH3 is 1. The zero-order valence-corrected chi connectivity index (χ0v) is 9.94. The lowest BCUT2D eigenvalue weighted by molar-refractivity contribution is -0.117. The minimum Gasteiger partial charge on any atom is -0.389 e. The second-order valence-corrected chi connectivity index (χ2v) is 3.67. The van der Waals surface area contributed by atoms with Crippen LogP contribution >= 0.6 is 0 Å². The Morgan fingerprint density at radius 3 is 2.75 bits per heavy atom. The van der Waals surface area contributed by atoms with Crippen molar-refractivity contribution in [1.29, 1.82) is 0 Å². The first kappa shape index (κ1) is 15.3. The molecule has 0 rings (SSSR count). The molecule has 0 saturated heterocycles. The molecule has 0 heterocycles. The highest BCUT2D eigenvalue weighted by Crippen LogP contribution is 1.93. The average Bonchev–Trinajstić information content (AvgIpc) is 2.22. The van der Waals surface area contributed by atoms with Gasteiger partial charge in [0.2, 0.25) is 5.91 Å². The first-order chi connectivity index (χ1) is 7.56. The number of carbonyl (C=O) groups is 1. The molecular formula is C10H22N2O4. The molecule has 0 saturated carbocycles. The number of hydrogen-bond acceptors (Lipinski definition) is 5. The monoisotopic (exact) mass is 234 g/mol. The second-order valence-electron chi connectivity index (χ2n) is 3.67. The van der Waals surface area contributed by atoms with Crippen LogP contribution in [-0.4, -0.2) is 56.6 Å². The molecule has 0 aliphatic heterocycles. The Morgan fingerprint density at radius 2 is 2.19 bits per heavy atom. The molecule has 0 aromatic carbocycles. The summed E-state index contributed by atoms with van der Waals surface area (Å²) in [4.78, 5) is 10.4. The third-order valence-corrected chi connectivity index (χ3v) is 1.90. The lowest BCUT2D eigenvalue weighted by Gasteiger charge is -2.16. The second kappa shape index (κ2) is 9.53. The topological polar surface area (TPSA) is 93.8 Å². The van der Waals surface area contributed by atoms with Crippen molar-refractivity contribution in [3.63, 3.8) is 0 Å². The van der Waals surface area contributed by atoms with E-state index in [1.165, 1.54) is 0 Å². The molecule has 0 aromatic rings. The third-order valence-electron chi connectivity index (χ3n) is 1.90. The van der Waals surface area contributed by atoms with Gasteiger partial charge in [-0.05, 0) is 6.92 Å². The van der Waals surface area contributed by atoms with Gasteiger partial charge in [-0.25, -0.2) is 0 Å². The molecule has 0 aliphatic carbocycles. The molecule has 16 heavy (non-hydrogen) atoms. The molecule has 0 aliphatic rings. The number of amides is 1. The smallest absolute Gasteiger partial charge is 0.218 e. The van der Waals surface area contributed by atoms with Crippen LogP contribution in [0.5, 0.6) is 0 Å². The SMILES string of the molecule is COCC(C)OCC(O)CNCCC(N)=O. The van der Waals surface area contributed by atoms with Crippen LogP contribution in [0.2, 0.25) is 0 Å². The Balaban J connectivity index is 3.37. The summed E-state index contributed by atoms with van der Waals surface area (Å²) in [6.07, 6.45) is -0.356. The minimum absolute atomic E-state index is 0.0368. The molecule has 0 spiro atoms. The van der Waals surface area contributed by atoms with Crippen LogP contribution in [0, 0.1) is 0 Å². The van der Waals surface area contributed by atoms with Gasteiger partial charge in [0, 0.05) is 26.6 Å². The first-order valence-corrected chi connectivity index (χ1v) is 5.34. The summed E-state index contributed by atoms with van der Waals surface area (Å²) in [7, 11) is 1.60. The van der Waals surface area contributed by atoms with Gasteiger partial charge in [0.1, 0.15) is 0 Å². The number of primary amides is 1. The van der Waals surface area contributed by atoms with Crippen molar-refractivity contribution >= 4 is 5.91 Å². The summed E-state index contributed by atoms with van der Waals surface area (Å²) < 4.78 is 10.2. The van der Waals surface area contributed by atoms with Gasteiger partial charge in [0.15, 0.2) is 0 Å². The van der Waals surface area contributed by atoms with Gasteiger partial charge in [-0.3, -0.25) is 4.79 Å². The van der Waals surface area contributed by atoms with Crippen LogP contribution < -0.4 is 11.1 Å². The van der Waals surface area contributed by atoms with Crippen molar-refractivity contribution in [2.75, 3.05) is 33.4 Å². The van der Waals surface area contributed by atoms with E-state index in [1.54, 1.807) is 7.11 Å². The number of ether oxygens (including phenoxy) is 2. The van der Waals surface area contributed by atoms with Crippen LogP contribution in [0.25, 0.3) is 0 Å². The van der Waals surface area contributed by atoms with Gasteiger partial charge in [-0.1, -0.05) is 0 Å². The largest absolute Gasteiger partial charge is 0.389 e. The molecule has 0 bridgehead atoms. The Bertz CT molecular complexity index is 190. The predicted molar refractivity (Wildman–Crippen MR) is 60.0 cm³/mol. The van der Waals surface area contributed by atoms with E-state index in [0.717, 1.165) is 0 Å². The number of nitrogens with two attached hydrogens (primary N) is 1. The molecule has 0 aromatic heterocycles. The van der Waals surface area contributed by atoms with E-state index in [2.05, 4.69) is 5.32 Å². The van der Waals surface area contributed by atoms with Gasteiger partial charge in [-0.2, -0.15) is 0 Å². The summed E-state index contributed by atoms with van der Waals surface area (Å²) in [5, 5.41) is 12.4. The summed E-state index contributed by atoms with van der Waals surface area (Å²) in [5.41, 5.74) is 4.96. The van der Waals surface area contributed by atoms with E-state index in [4.69, 9.17) is 15.2 Å². The van der Waals surface area contributed by atoms with Crippen LogP contribution in [0.4, 0.5) is 0 Å². The van der Waals surface area contributed by atoms with Crippen molar-refractivity contribution < 1.29 is 19.4 Å². The van der Waals surface area contributed by atoms with Crippen molar-refractivity contribution in [2.45, 2.75) is 25.6 Å². The number of hydrogen-bond donors (Lipinski definition) is 3. The molecule has 4 N–H and O–H groups in total. The van der Waals surface area contributed by atoms with Gasteiger partial charge in [0.05, 0.1) is 25.4 Å². The zero-order valence-electron chi connectivity index (χ0n) is 9.94. The quantitative estimate of drug-likeness (QED) is 0.416. The number of carbonyl (C=O) groups excluding carboxylic acids is 1. The molecule has 2 atom stereocenters. The highest BCUT2D eigenvalue weighted by Gasteiger charge is 2.07. The molecule has 0 radical (unpaired) electrons. The minimum atomic E-state index is -0.591. The van der Waals surface area contributed by atoms with Gasteiger partial charge >= 0.3 is 0 Å². The van der Waals surface area contributed by atoms with E-state index >= 15 is 0 Å². The maximum Gasteiger partial charge on any atom is 0.218 e. The maximum atomic E-state index is 10.4. The molecule has 6 nitrogen and oxygen atoms in total. The third kappa shape index (κ3) is 9.85. The predicted octanol–water partition coefficient (Wildman–Crippen LogP) is -1.14. The van der Waals surface area contributed by atoms with E-state index in [1.807, 2.05) is 6.92 Å². The number of nitrogens with one attached hydrogen (secondary N) is 1. The summed E-state index contributed by atoms with van der Waals surface area (Å²) >= 11 is 0. The number of aliphatic hydroxyl groups is 1. The van der Waals surface area contributed by atoms with E-state index in [-0.39, 0.29) is 25.0 Å². The van der Waals surface area contributed by atoms with Crippen LogP contribution in [0.3, 0.4) is 0 Å². The average molecular weight is 234 g/mol. The van der Waals surface area contributed by atoms with Crippen LogP contribution in [0.1, 0.15) is 13.3 Å². The zero-order chi connectivity index (χ0) is 12.4. The molecule has 1 amide bonds. The Hall–Kier alpha value is -0.690. The highest BCUT2D eigenvalue weighted by molar-refractivity contribution is 5.73. The summed E-state index contributed by atoms with van der Waals surface area (Å²) in [5.74, 6) is -0.355. The molecule has 2 unspecified atom stereocenters. The van der Waals surface area contributed by atoms with Crippen molar-refractivity contribution in [2.24, 2.45) is 5.73 Å². The molecular weight excluding hydrogens is 212 g/mol. The lowest BCUT2D eigenvalue weighted by Crippen LogP contribution is -2.33. The normalized spacial score (nSPS) is 14.7. The highest BCUT2D eigenvalue weighted by atomic mass is 16.5. The van der Waals surface area contributed by atoms with Crippen LogP contribution in [-0.2, 0) is 14.3 Å². The fourth-order valence-corrected chi connectivity index (χ4v) is 1.10. The summed E-state index contributed by atoms with van der Waals surface area (Å²) in [6.45, 7) is 3.47.